The summed E-state index contributed by atoms with van der Waals surface area (Å²) in [5.41, 5.74) is -0.563. The molecule has 0 aliphatic rings. The summed E-state index contributed by atoms with van der Waals surface area (Å²) < 4.78 is 11.3. The zero-order chi connectivity index (χ0) is 20.6. The highest BCUT2D eigenvalue weighted by Crippen LogP contribution is 2.23. The molecule has 2 aromatic rings. The van der Waals surface area contributed by atoms with Crippen LogP contribution in [-0.4, -0.2) is 34.9 Å². The lowest BCUT2D eigenvalue weighted by molar-refractivity contribution is -0.130. The van der Waals surface area contributed by atoms with Crippen LogP contribution in [0.15, 0.2) is 30.5 Å². The Morgan fingerprint density at radius 3 is 2.82 bits per heavy atom. The molecule has 28 heavy (non-hydrogen) atoms. The molecule has 1 heterocycles. The number of pyridine rings is 1. The molecule has 0 bridgehead atoms. The van der Waals surface area contributed by atoms with Crippen molar-refractivity contribution in [1.82, 2.24) is 10.3 Å². The van der Waals surface area contributed by atoms with Crippen molar-refractivity contribution in [2.45, 2.75) is 25.0 Å². The first-order chi connectivity index (χ1) is 13.4. The van der Waals surface area contributed by atoms with Crippen LogP contribution in [-0.2, 0) is 9.53 Å². The van der Waals surface area contributed by atoms with Crippen LogP contribution in [0.25, 0.3) is 10.9 Å². The third kappa shape index (κ3) is 5.44. The standard InChI is InChI=1S/C22H20N2O3S/c1-6-11-22(4,26-12-7-2)24-20(25)21(28-5)27-18-9-10-19-17(14-18)13-16(8-3)15-23-19/h2-3,9-10,13-15,21H,12H2,1,4-5H3,(H,24,25). The minimum absolute atomic E-state index is 0.0193. The Morgan fingerprint density at radius 1 is 1.39 bits per heavy atom. The van der Waals surface area contributed by atoms with Gasteiger partial charge in [0.25, 0.3) is 5.91 Å². The molecule has 0 saturated heterocycles. The molecule has 5 nitrogen and oxygen atoms in total. The van der Waals surface area contributed by atoms with Crippen molar-refractivity contribution >= 4 is 28.6 Å². The number of fused-ring (bicyclic) bond motifs is 1. The molecule has 0 radical (unpaired) electrons. The lowest BCUT2D eigenvalue weighted by Gasteiger charge is -2.27. The minimum Gasteiger partial charge on any atom is -0.470 e. The Kier molecular flexibility index (Phi) is 7.36. The van der Waals surface area contributed by atoms with Gasteiger partial charge >= 0.3 is 0 Å². The zero-order valence-corrected chi connectivity index (χ0v) is 16.7. The molecule has 1 amide bonds. The molecule has 142 valence electrons. The number of amides is 1. The highest BCUT2D eigenvalue weighted by Gasteiger charge is 2.29. The Morgan fingerprint density at radius 2 is 2.18 bits per heavy atom. The van der Waals surface area contributed by atoms with Gasteiger partial charge in [-0.05, 0) is 50.3 Å². The van der Waals surface area contributed by atoms with Gasteiger partial charge < -0.3 is 14.8 Å². The molecular weight excluding hydrogens is 372 g/mol. The van der Waals surface area contributed by atoms with Crippen molar-refractivity contribution < 1.29 is 14.3 Å². The van der Waals surface area contributed by atoms with E-state index in [-0.39, 0.29) is 12.5 Å². The molecular formula is C22H20N2O3S. The summed E-state index contributed by atoms with van der Waals surface area (Å²) >= 11 is 1.24. The monoisotopic (exact) mass is 392 g/mol. The summed E-state index contributed by atoms with van der Waals surface area (Å²) in [5.74, 6) is 10.6. The van der Waals surface area contributed by atoms with E-state index in [9.17, 15) is 4.79 Å². The van der Waals surface area contributed by atoms with Crippen LogP contribution in [0.4, 0.5) is 0 Å². The van der Waals surface area contributed by atoms with E-state index < -0.39 is 11.2 Å². The highest BCUT2D eigenvalue weighted by molar-refractivity contribution is 7.99. The fourth-order valence-electron chi connectivity index (χ4n) is 2.42. The van der Waals surface area contributed by atoms with Gasteiger partial charge in [-0.1, -0.05) is 11.8 Å². The van der Waals surface area contributed by atoms with E-state index in [2.05, 4.69) is 34.0 Å². The first-order valence-corrected chi connectivity index (χ1v) is 9.62. The number of thioether (sulfide) groups is 1. The van der Waals surface area contributed by atoms with E-state index in [1.54, 1.807) is 38.4 Å². The third-order valence-corrected chi connectivity index (χ3v) is 4.40. The molecule has 0 fully saturated rings. The van der Waals surface area contributed by atoms with Crippen LogP contribution in [0, 0.1) is 36.5 Å². The lowest BCUT2D eigenvalue weighted by Crippen LogP contribution is -2.51. The average molecular weight is 392 g/mol. The van der Waals surface area contributed by atoms with Crippen LogP contribution >= 0.6 is 11.8 Å². The second kappa shape index (κ2) is 9.72. The Balaban J connectivity index is 2.19. The van der Waals surface area contributed by atoms with Crippen molar-refractivity contribution in [1.29, 1.82) is 0 Å². The number of nitrogens with zero attached hydrogens (tertiary/aromatic N) is 1. The number of carbonyl (C=O) groups excluding carboxylic acids is 1. The highest BCUT2D eigenvalue weighted by atomic mass is 32.2. The van der Waals surface area contributed by atoms with Gasteiger partial charge in [-0.25, -0.2) is 0 Å². The summed E-state index contributed by atoms with van der Waals surface area (Å²) in [6.45, 7) is 3.31. The van der Waals surface area contributed by atoms with Crippen LogP contribution in [0.1, 0.15) is 19.4 Å². The quantitative estimate of drug-likeness (QED) is 0.580. The van der Waals surface area contributed by atoms with Crippen LogP contribution in [0.5, 0.6) is 5.75 Å². The van der Waals surface area contributed by atoms with Crippen LogP contribution < -0.4 is 10.1 Å². The van der Waals surface area contributed by atoms with E-state index >= 15 is 0 Å². The van der Waals surface area contributed by atoms with Gasteiger partial charge in [-0.2, -0.15) is 0 Å². The summed E-state index contributed by atoms with van der Waals surface area (Å²) in [6, 6.07) is 7.19. The number of nitrogens with one attached hydrogen (secondary N) is 1. The number of hydrogen-bond acceptors (Lipinski definition) is 5. The van der Waals surface area contributed by atoms with Crippen molar-refractivity contribution in [3.05, 3.63) is 36.0 Å². The SMILES string of the molecule is C#CCOC(C)(C#CC)NC(=O)C(Oc1ccc2ncc(C#C)cc2c1)SC. The van der Waals surface area contributed by atoms with Crippen LogP contribution in [0.2, 0.25) is 0 Å². The van der Waals surface area contributed by atoms with Crippen molar-refractivity contribution in [2.75, 3.05) is 12.9 Å². The first-order valence-electron chi connectivity index (χ1n) is 8.34. The molecule has 1 aromatic heterocycles. The number of hydrogen-bond donors (Lipinski definition) is 1. The third-order valence-electron chi connectivity index (χ3n) is 3.66. The smallest absolute Gasteiger partial charge is 0.274 e. The van der Waals surface area contributed by atoms with Gasteiger partial charge in [-0.15, -0.1) is 30.5 Å². The molecule has 2 rings (SSSR count). The summed E-state index contributed by atoms with van der Waals surface area (Å²) in [5, 5.41) is 3.57. The largest absolute Gasteiger partial charge is 0.470 e. The predicted octanol–water partition coefficient (Wildman–Crippen LogP) is 2.79. The molecule has 1 N–H and O–H groups in total. The van der Waals surface area contributed by atoms with E-state index in [1.807, 2.05) is 12.1 Å². The average Bonchev–Trinajstić information content (AvgIpc) is 2.69. The van der Waals surface area contributed by atoms with E-state index in [1.165, 1.54) is 11.8 Å². The maximum Gasteiger partial charge on any atom is 0.274 e. The molecule has 1 aromatic carbocycles. The summed E-state index contributed by atoms with van der Waals surface area (Å²) in [4.78, 5) is 17.0. The van der Waals surface area contributed by atoms with Crippen molar-refractivity contribution in [3.8, 4) is 42.3 Å². The fraction of sp³-hybridized carbons (Fsp3) is 0.273. The van der Waals surface area contributed by atoms with Gasteiger partial charge in [0.15, 0.2) is 0 Å². The molecule has 0 aliphatic carbocycles. The second-order valence-electron chi connectivity index (χ2n) is 5.80. The number of benzene rings is 1. The summed E-state index contributed by atoms with van der Waals surface area (Å²) in [6.07, 6.45) is 14.1. The lowest BCUT2D eigenvalue weighted by atomic mass is 10.1. The normalized spacial score (nSPS) is 13.2. The fourth-order valence-corrected chi connectivity index (χ4v) is 2.90. The maximum atomic E-state index is 12.7. The topological polar surface area (TPSA) is 60.5 Å². The van der Waals surface area contributed by atoms with E-state index in [4.69, 9.17) is 22.3 Å². The molecule has 0 aliphatic heterocycles. The van der Waals surface area contributed by atoms with Gasteiger partial charge in [0.05, 0.1) is 5.52 Å². The Labute approximate surface area is 169 Å². The maximum absolute atomic E-state index is 12.7. The zero-order valence-electron chi connectivity index (χ0n) is 15.9. The number of carbonyl (C=O) groups is 1. The van der Waals surface area contributed by atoms with Crippen molar-refractivity contribution in [3.63, 3.8) is 0 Å². The number of terminal acetylenes is 2. The van der Waals surface area contributed by atoms with Gasteiger partial charge in [0, 0.05) is 17.1 Å². The predicted molar refractivity (Wildman–Crippen MR) is 112 cm³/mol. The molecule has 2 unspecified atom stereocenters. The first kappa shape index (κ1) is 21.2. The summed E-state index contributed by atoms with van der Waals surface area (Å²) in [7, 11) is 0. The number of ether oxygens (including phenoxy) is 2. The number of aromatic nitrogens is 1. The van der Waals surface area contributed by atoms with Gasteiger partial charge in [-0.3, -0.25) is 9.78 Å². The van der Waals surface area contributed by atoms with Gasteiger partial charge in [0.2, 0.25) is 11.2 Å². The van der Waals surface area contributed by atoms with E-state index in [0.29, 0.717) is 11.3 Å². The van der Waals surface area contributed by atoms with Crippen molar-refractivity contribution in [2.24, 2.45) is 0 Å². The van der Waals surface area contributed by atoms with Gasteiger partial charge in [0.1, 0.15) is 12.4 Å². The van der Waals surface area contributed by atoms with Crippen LogP contribution in [0.3, 0.4) is 0 Å². The van der Waals surface area contributed by atoms with E-state index in [0.717, 1.165) is 10.9 Å². The minimum atomic E-state index is -1.20. The number of rotatable bonds is 7. The second-order valence-corrected chi connectivity index (χ2v) is 6.70. The Hall–Kier alpha value is -3.11. The molecule has 0 saturated carbocycles. The molecule has 6 heteroatoms. The Bertz CT molecular complexity index is 1010. The molecule has 2 atom stereocenters. The molecule has 0 spiro atoms.